The monoisotopic (exact) mass is 433 g/mol. The normalized spacial score (nSPS) is 17.5. The van der Waals surface area contributed by atoms with Crippen LogP contribution >= 0.6 is 24.0 Å². The Bertz CT molecular complexity index is 459. The lowest BCUT2D eigenvalue weighted by Crippen LogP contribution is -2.39. The van der Waals surface area contributed by atoms with E-state index in [1.807, 2.05) is 12.1 Å². The highest BCUT2D eigenvalue weighted by Gasteiger charge is 2.14. The Morgan fingerprint density at radius 1 is 1.26 bits per heavy atom. The number of rotatable bonds is 7. The van der Waals surface area contributed by atoms with Crippen molar-refractivity contribution in [2.75, 3.05) is 33.9 Å². The van der Waals surface area contributed by atoms with E-state index in [9.17, 15) is 0 Å². The van der Waals surface area contributed by atoms with Gasteiger partial charge in [-0.3, -0.25) is 4.99 Å². The van der Waals surface area contributed by atoms with Crippen LogP contribution < -0.4 is 15.4 Å². The van der Waals surface area contributed by atoms with Crippen LogP contribution in [0.4, 0.5) is 0 Å². The van der Waals surface area contributed by atoms with Gasteiger partial charge in [-0.25, -0.2) is 0 Å². The third-order valence-electron chi connectivity index (χ3n) is 3.87. The topological polar surface area (TPSA) is 54.9 Å². The van der Waals surface area contributed by atoms with E-state index in [2.05, 4.69) is 27.8 Å². The molecule has 130 valence electrons. The van der Waals surface area contributed by atoms with E-state index in [-0.39, 0.29) is 24.0 Å². The van der Waals surface area contributed by atoms with Crippen LogP contribution in [-0.4, -0.2) is 45.9 Å². The van der Waals surface area contributed by atoms with E-state index in [0.29, 0.717) is 6.10 Å². The zero-order chi connectivity index (χ0) is 15.6. The number of guanidine groups is 1. The number of methoxy groups -OCH3 is 1. The Labute approximate surface area is 156 Å². The molecule has 1 aromatic rings. The van der Waals surface area contributed by atoms with E-state index >= 15 is 0 Å². The molecular formula is C17H28IN3O2. The van der Waals surface area contributed by atoms with Crippen molar-refractivity contribution in [2.45, 2.75) is 31.8 Å². The molecule has 1 aromatic carbocycles. The fourth-order valence-electron chi connectivity index (χ4n) is 2.56. The van der Waals surface area contributed by atoms with Gasteiger partial charge in [0.05, 0.1) is 13.2 Å². The molecule has 1 unspecified atom stereocenters. The van der Waals surface area contributed by atoms with Gasteiger partial charge < -0.3 is 20.1 Å². The first-order valence-corrected chi connectivity index (χ1v) is 8.01. The molecule has 1 aliphatic rings. The zero-order valence-electron chi connectivity index (χ0n) is 14.0. The molecule has 0 saturated carbocycles. The summed E-state index contributed by atoms with van der Waals surface area (Å²) < 4.78 is 10.8. The second-order valence-electron chi connectivity index (χ2n) is 5.45. The van der Waals surface area contributed by atoms with Crippen molar-refractivity contribution in [3.05, 3.63) is 29.8 Å². The highest BCUT2D eigenvalue weighted by molar-refractivity contribution is 14.0. The molecule has 2 rings (SSSR count). The minimum atomic E-state index is 0. The minimum absolute atomic E-state index is 0. The zero-order valence-corrected chi connectivity index (χ0v) is 16.3. The van der Waals surface area contributed by atoms with Gasteiger partial charge in [-0.2, -0.15) is 0 Å². The molecule has 23 heavy (non-hydrogen) atoms. The SMILES string of the molecule is CN=C(NCCc1ccc(OC)cc1)NCCC1CCCO1.I. The van der Waals surface area contributed by atoms with Crippen LogP contribution in [-0.2, 0) is 11.2 Å². The largest absolute Gasteiger partial charge is 0.497 e. The molecule has 0 aromatic heterocycles. The van der Waals surface area contributed by atoms with Crippen molar-refractivity contribution in [1.82, 2.24) is 10.6 Å². The predicted molar refractivity (Wildman–Crippen MR) is 105 cm³/mol. The Hall–Kier alpha value is -1.02. The molecule has 1 atom stereocenters. The average Bonchev–Trinajstić information content (AvgIpc) is 3.07. The first kappa shape index (κ1) is 20.0. The molecule has 0 spiro atoms. The van der Waals surface area contributed by atoms with Crippen LogP contribution in [0.2, 0.25) is 0 Å². The third kappa shape index (κ3) is 7.39. The summed E-state index contributed by atoms with van der Waals surface area (Å²) >= 11 is 0. The number of ether oxygens (including phenoxy) is 2. The first-order chi connectivity index (χ1) is 10.8. The van der Waals surface area contributed by atoms with Gasteiger partial charge in [0.25, 0.3) is 0 Å². The average molecular weight is 433 g/mol. The van der Waals surface area contributed by atoms with Crippen LogP contribution in [0.25, 0.3) is 0 Å². The van der Waals surface area contributed by atoms with Gasteiger partial charge in [-0.1, -0.05) is 12.1 Å². The molecule has 6 heteroatoms. The van der Waals surface area contributed by atoms with Crippen LogP contribution in [0.15, 0.2) is 29.3 Å². The maximum absolute atomic E-state index is 5.62. The Morgan fingerprint density at radius 3 is 2.61 bits per heavy atom. The fourth-order valence-corrected chi connectivity index (χ4v) is 2.56. The molecule has 0 radical (unpaired) electrons. The molecule has 2 N–H and O–H groups in total. The van der Waals surface area contributed by atoms with Gasteiger partial charge >= 0.3 is 0 Å². The highest BCUT2D eigenvalue weighted by atomic mass is 127. The van der Waals surface area contributed by atoms with Gasteiger partial charge in [0.15, 0.2) is 5.96 Å². The third-order valence-corrected chi connectivity index (χ3v) is 3.87. The van der Waals surface area contributed by atoms with Crippen molar-refractivity contribution < 1.29 is 9.47 Å². The van der Waals surface area contributed by atoms with Crippen molar-refractivity contribution in [1.29, 1.82) is 0 Å². The molecule has 5 nitrogen and oxygen atoms in total. The number of nitrogens with zero attached hydrogens (tertiary/aromatic N) is 1. The molecule has 1 heterocycles. The van der Waals surface area contributed by atoms with E-state index in [1.165, 1.54) is 18.4 Å². The molecule has 1 saturated heterocycles. The van der Waals surface area contributed by atoms with E-state index in [1.54, 1.807) is 14.2 Å². The van der Waals surface area contributed by atoms with Gasteiger partial charge in [0.2, 0.25) is 0 Å². The second kappa shape index (κ2) is 11.5. The Balaban J connectivity index is 0.00000264. The number of aliphatic imine (C=N–C) groups is 1. The second-order valence-corrected chi connectivity index (χ2v) is 5.45. The number of hydrogen-bond donors (Lipinski definition) is 2. The first-order valence-electron chi connectivity index (χ1n) is 8.01. The molecule has 1 aliphatic heterocycles. The summed E-state index contributed by atoms with van der Waals surface area (Å²) in [5.41, 5.74) is 1.28. The predicted octanol–water partition coefficient (Wildman–Crippen LogP) is 2.59. The highest BCUT2D eigenvalue weighted by Crippen LogP contribution is 2.14. The summed E-state index contributed by atoms with van der Waals surface area (Å²) in [5.74, 6) is 1.75. The van der Waals surface area contributed by atoms with Crippen LogP contribution in [0.3, 0.4) is 0 Å². The van der Waals surface area contributed by atoms with Crippen molar-refractivity contribution >= 4 is 29.9 Å². The number of halogens is 1. The molecule has 1 fully saturated rings. The lowest BCUT2D eigenvalue weighted by molar-refractivity contribution is 0.105. The summed E-state index contributed by atoms with van der Waals surface area (Å²) in [7, 11) is 3.48. The molecule has 0 aliphatic carbocycles. The van der Waals surface area contributed by atoms with Gasteiger partial charge in [0.1, 0.15) is 5.75 Å². The standard InChI is InChI=1S/C17H27N3O2.HI/c1-18-17(20-12-10-16-4-3-13-22-16)19-11-9-14-5-7-15(21-2)8-6-14;/h5-8,16H,3-4,9-13H2,1-2H3,(H2,18,19,20);1H. The van der Waals surface area contributed by atoms with Crippen LogP contribution in [0, 0.1) is 0 Å². The molecular weight excluding hydrogens is 405 g/mol. The summed E-state index contributed by atoms with van der Waals surface area (Å²) in [6.07, 6.45) is 4.80. The van der Waals surface area contributed by atoms with Gasteiger partial charge in [-0.15, -0.1) is 24.0 Å². The maximum Gasteiger partial charge on any atom is 0.190 e. The van der Waals surface area contributed by atoms with E-state index in [4.69, 9.17) is 9.47 Å². The summed E-state index contributed by atoms with van der Waals surface area (Å²) in [6, 6.07) is 8.16. The van der Waals surface area contributed by atoms with Gasteiger partial charge in [-0.05, 0) is 43.4 Å². The summed E-state index contributed by atoms with van der Waals surface area (Å²) in [6.45, 7) is 2.66. The quantitative estimate of drug-likeness (QED) is 0.395. The summed E-state index contributed by atoms with van der Waals surface area (Å²) in [4.78, 5) is 4.24. The maximum atomic E-state index is 5.62. The van der Waals surface area contributed by atoms with Crippen molar-refractivity contribution in [2.24, 2.45) is 4.99 Å². The molecule has 0 bridgehead atoms. The number of nitrogens with one attached hydrogen (secondary N) is 2. The Kier molecular flexibility index (Phi) is 10.0. The van der Waals surface area contributed by atoms with Crippen molar-refractivity contribution in [3.63, 3.8) is 0 Å². The number of benzene rings is 1. The van der Waals surface area contributed by atoms with Gasteiger partial charge in [0, 0.05) is 26.7 Å². The summed E-state index contributed by atoms with van der Waals surface area (Å²) in [5, 5.41) is 6.68. The lowest BCUT2D eigenvalue weighted by Gasteiger charge is -2.14. The van der Waals surface area contributed by atoms with Crippen molar-refractivity contribution in [3.8, 4) is 5.75 Å². The fraction of sp³-hybridized carbons (Fsp3) is 0.588. The van der Waals surface area contributed by atoms with Crippen LogP contribution in [0.5, 0.6) is 5.75 Å². The Morgan fingerprint density at radius 2 is 2.00 bits per heavy atom. The minimum Gasteiger partial charge on any atom is -0.497 e. The van der Waals surface area contributed by atoms with Crippen LogP contribution in [0.1, 0.15) is 24.8 Å². The lowest BCUT2D eigenvalue weighted by atomic mass is 10.1. The molecule has 0 amide bonds. The number of hydrogen-bond acceptors (Lipinski definition) is 3. The van der Waals surface area contributed by atoms with E-state index < -0.39 is 0 Å². The van der Waals surface area contributed by atoms with E-state index in [0.717, 1.165) is 44.2 Å². The smallest absolute Gasteiger partial charge is 0.190 e.